The van der Waals surface area contributed by atoms with Crippen molar-refractivity contribution in [1.29, 1.82) is 0 Å². The number of halogens is 2. The van der Waals surface area contributed by atoms with Gasteiger partial charge in [0, 0.05) is 0 Å². The van der Waals surface area contributed by atoms with E-state index in [0.29, 0.717) is 30.3 Å². The van der Waals surface area contributed by atoms with Crippen LogP contribution in [-0.4, -0.2) is 13.2 Å². The Balaban J connectivity index is 2.02. The van der Waals surface area contributed by atoms with Gasteiger partial charge in [-0.25, -0.2) is 9.82 Å². The van der Waals surface area contributed by atoms with Crippen molar-refractivity contribution in [1.82, 2.24) is 5.43 Å². The van der Waals surface area contributed by atoms with Crippen LogP contribution in [0.15, 0.2) is 36.4 Å². The molecule has 1 unspecified atom stereocenters. The summed E-state index contributed by atoms with van der Waals surface area (Å²) >= 11 is 6.03. The summed E-state index contributed by atoms with van der Waals surface area (Å²) in [5, 5.41) is 0.0512. The average Bonchev–Trinajstić information content (AvgIpc) is 2.52. The lowest BCUT2D eigenvalue weighted by Crippen LogP contribution is -2.29. The number of hydrogen-bond donors (Lipinski definition) is 2. The maximum atomic E-state index is 13.6. The standard InChI is InChI=1S/C15H14ClFN2O2/c16-14-10(2-1-3-11(14)17)15(19-18)9-4-5-12-13(8-9)21-7-6-20-12/h1-5,8,15,19H,6-7,18H2. The highest BCUT2D eigenvalue weighted by molar-refractivity contribution is 6.31. The predicted molar refractivity (Wildman–Crippen MR) is 78.0 cm³/mol. The Kier molecular flexibility index (Phi) is 3.96. The molecule has 0 saturated carbocycles. The lowest BCUT2D eigenvalue weighted by Gasteiger charge is -2.22. The van der Waals surface area contributed by atoms with Gasteiger partial charge >= 0.3 is 0 Å². The Morgan fingerprint density at radius 2 is 1.90 bits per heavy atom. The van der Waals surface area contributed by atoms with Crippen LogP contribution in [0.2, 0.25) is 5.02 Å². The summed E-state index contributed by atoms with van der Waals surface area (Å²) in [6.45, 7) is 1.03. The summed E-state index contributed by atoms with van der Waals surface area (Å²) in [4.78, 5) is 0. The largest absolute Gasteiger partial charge is 0.486 e. The molecule has 3 rings (SSSR count). The number of rotatable bonds is 3. The SMILES string of the molecule is NNC(c1ccc2c(c1)OCCO2)c1cccc(F)c1Cl. The van der Waals surface area contributed by atoms with Crippen molar-refractivity contribution in [2.24, 2.45) is 5.84 Å². The van der Waals surface area contributed by atoms with E-state index >= 15 is 0 Å². The zero-order chi connectivity index (χ0) is 14.8. The molecule has 2 aromatic carbocycles. The third kappa shape index (κ3) is 2.68. The lowest BCUT2D eigenvalue weighted by atomic mass is 9.98. The number of benzene rings is 2. The van der Waals surface area contributed by atoms with Crippen molar-refractivity contribution < 1.29 is 13.9 Å². The molecule has 1 heterocycles. The molecule has 4 nitrogen and oxygen atoms in total. The highest BCUT2D eigenvalue weighted by atomic mass is 35.5. The Morgan fingerprint density at radius 1 is 1.14 bits per heavy atom. The number of hydrogen-bond acceptors (Lipinski definition) is 4. The second-order valence-electron chi connectivity index (χ2n) is 4.65. The van der Waals surface area contributed by atoms with Crippen molar-refractivity contribution in [2.75, 3.05) is 13.2 Å². The van der Waals surface area contributed by atoms with Gasteiger partial charge in [0.2, 0.25) is 0 Å². The highest BCUT2D eigenvalue weighted by Gasteiger charge is 2.20. The van der Waals surface area contributed by atoms with Crippen LogP contribution in [0.5, 0.6) is 11.5 Å². The molecule has 0 saturated heterocycles. The van der Waals surface area contributed by atoms with Crippen LogP contribution in [0.1, 0.15) is 17.2 Å². The summed E-state index contributed by atoms with van der Waals surface area (Å²) < 4.78 is 24.6. The van der Waals surface area contributed by atoms with Gasteiger partial charge in [-0.15, -0.1) is 0 Å². The lowest BCUT2D eigenvalue weighted by molar-refractivity contribution is 0.171. The molecule has 1 atom stereocenters. The molecule has 6 heteroatoms. The van der Waals surface area contributed by atoms with Gasteiger partial charge < -0.3 is 9.47 Å². The summed E-state index contributed by atoms with van der Waals surface area (Å²) in [6.07, 6.45) is 0. The molecule has 110 valence electrons. The maximum absolute atomic E-state index is 13.6. The van der Waals surface area contributed by atoms with Gasteiger partial charge in [0.1, 0.15) is 19.0 Å². The number of ether oxygens (including phenoxy) is 2. The molecule has 0 aromatic heterocycles. The first-order valence-corrected chi connectivity index (χ1v) is 6.88. The van der Waals surface area contributed by atoms with Crippen LogP contribution >= 0.6 is 11.6 Å². The zero-order valence-corrected chi connectivity index (χ0v) is 11.9. The van der Waals surface area contributed by atoms with Crippen LogP contribution in [0.4, 0.5) is 4.39 Å². The molecule has 2 aromatic rings. The Morgan fingerprint density at radius 3 is 2.67 bits per heavy atom. The topological polar surface area (TPSA) is 56.5 Å². The van der Waals surface area contributed by atoms with E-state index in [2.05, 4.69) is 5.43 Å². The van der Waals surface area contributed by atoms with E-state index in [1.165, 1.54) is 6.07 Å². The van der Waals surface area contributed by atoms with E-state index in [-0.39, 0.29) is 5.02 Å². The molecule has 21 heavy (non-hydrogen) atoms. The second kappa shape index (κ2) is 5.89. The first kappa shape index (κ1) is 14.1. The van der Waals surface area contributed by atoms with Crippen LogP contribution in [0.25, 0.3) is 0 Å². The van der Waals surface area contributed by atoms with Crippen molar-refractivity contribution in [2.45, 2.75) is 6.04 Å². The molecule has 0 fully saturated rings. The third-order valence-electron chi connectivity index (χ3n) is 3.36. The molecule has 1 aliphatic heterocycles. The van der Waals surface area contributed by atoms with Crippen LogP contribution < -0.4 is 20.7 Å². The number of fused-ring (bicyclic) bond motifs is 1. The number of hydrazine groups is 1. The fourth-order valence-electron chi connectivity index (χ4n) is 2.35. The van der Waals surface area contributed by atoms with E-state index in [0.717, 1.165) is 5.56 Å². The molecule has 0 radical (unpaired) electrons. The molecule has 0 spiro atoms. The Bertz CT molecular complexity index is 666. The minimum Gasteiger partial charge on any atom is -0.486 e. The van der Waals surface area contributed by atoms with Gasteiger partial charge in [-0.05, 0) is 29.3 Å². The van der Waals surface area contributed by atoms with Crippen LogP contribution in [0, 0.1) is 5.82 Å². The van der Waals surface area contributed by atoms with E-state index in [9.17, 15) is 4.39 Å². The van der Waals surface area contributed by atoms with Crippen molar-refractivity contribution in [3.8, 4) is 11.5 Å². The molecular weight excluding hydrogens is 295 g/mol. The molecular formula is C15H14ClFN2O2. The van der Waals surface area contributed by atoms with Gasteiger partial charge in [-0.2, -0.15) is 0 Å². The van der Waals surface area contributed by atoms with Gasteiger partial charge in [0.15, 0.2) is 11.5 Å². The number of nitrogens with one attached hydrogen (secondary N) is 1. The normalized spacial score (nSPS) is 14.8. The van der Waals surface area contributed by atoms with Crippen molar-refractivity contribution in [3.63, 3.8) is 0 Å². The first-order valence-electron chi connectivity index (χ1n) is 6.50. The minimum absolute atomic E-state index is 0.0512. The van der Waals surface area contributed by atoms with Gasteiger partial charge in [0.05, 0.1) is 11.1 Å². The Hall–Kier alpha value is -1.82. The predicted octanol–water partition coefficient (Wildman–Crippen LogP) is 2.80. The monoisotopic (exact) mass is 308 g/mol. The maximum Gasteiger partial charge on any atom is 0.161 e. The Labute approximate surface area is 126 Å². The summed E-state index contributed by atoms with van der Waals surface area (Å²) in [7, 11) is 0. The van der Waals surface area contributed by atoms with Crippen LogP contribution in [0.3, 0.4) is 0 Å². The average molecular weight is 309 g/mol. The number of nitrogens with two attached hydrogens (primary N) is 1. The highest BCUT2D eigenvalue weighted by Crippen LogP contribution is 2.36. The van der Waals surface area contributed by atoms with Crippen molar-refractivity contribution >= 4 is 11.6 Å². The fourth-order valence-corrected chi connectivity index (χ4v) is 2.58. The minimum atomic E-state index is -0.480. The summed E-state index contributed by atoms with van der Waals surface area (Å²) in [5.41, 5.74) is 4.04. The summed E-state index contributed by atoms with van der Waals surface area (Å²) in [5.74, 6) is 6.48. The van der Waals surface area contributed by atoms with Gasteiger partial charge in [-0.1, -0.05) is 29.8 Å². The summed E-state index contributed by atoms with van der Waals surface area (Å²) in [6, 6.07) is 9.67. The van der Waals surface area contributed by atoms with E-state index in [1.54, 1.807) is 18.2 Å². The second-order valence-corrected chi connectivity index (χ2v) is 5.02. The van der Waals surface area contributed by atoms with Crippen LogP contribution in [-0.2, 0) is 0 Å². The molecule has 0 amide bonds. The smallest absolute Gasteiger partial charge is 0.161 e. The molecule has 3 N–H and O–H groups in total. The molecule has 1 aliphatic rings. The van der Waals surface area contributed by atoms with E-state index in [4.69, 9.17) is 26.9 Å². The van der Waals surface area contributed by atoms with Gasteiger partial charge in [-0.3, -0.25) is 5.84 Å². The zero-order valence-electron chi connectivity index (χ0n) is 11.1. The third-order valence-corrected chi connectivity index (χ3v) is 3.76. The molecule has 0 bridgehead atoms. The quantitative estimate of drug-likeness (QED) is 0.676. The van der Waals surface area contributed by atoms with Gasteiger partial charge in [0.25, 0.3) is 0 Å². The van der Waals surface area contributed by atoms with E-state index < -0.39 is 11.9 Å². The molecule has 0 aliphatic carbocycles. The fraction of sp³-hybridized carbons (Fsp3) is 0.200. The first-order chi connectivity index (χ1) is 10.2. The van der Waals surface area contributed by atoms with E-state index in [1.807, 2.05) is 12.1 Å². The van der Waals surface area contributed by atoms with Crippen molar-refractivity contribution in [3.05, 3.63) is 58.4 Å².